The van der Waals surface area contributed by atoms with Gasteiger partial charge in [-0.15, -0.1) is 0 Å². The van der Waals surface area contributed by atoms with E-state index in [9.17, 15) is 9.35 Å². The van der Waals surface area contributed by atoms with Crippen molar-refractivity contribution in [2.24, 2.45) is 0 Å². The molecule has 3 aromatic carbocycles. The largest absolute Gasteiger partial charge is 0.606 e. The average molecular weight is 350 g/mol. The molecule has 5 heteroatoms. The van der Waals surface area contributed by atoms with Crippen molar-refractivity contribution in [3.63, 3.8) is 0 Å². The van der Waals surface area contributed by atoms with Gasteiger partial charge in [-0.2, -0.15) is 0 Å². The van der Waals surface area contributed by atoms with Crippen LogP contribution in [-0.2, 0) is 22.4 Å². The van der Waals surface area contributed by atoms with E-state index in [0.29, 0.717) is 16.1 Å². The van der Waals surface area contributed by atoms with Crippen LogP contribution in [0.3, 0.4) is 0 Å². The highest BCUT2D eigenvalue weighted by Gasteiger charge is 2.16. The van der Waals surface area contributed by atoms with E-state index in [-0.39, 0.29) is 12.3 Å². The van der Waals surface area contributed by atoms with Crippen LogP contribution < -0.4 is 11.1 Å². The summed E-state index contributed by atoms with van der Waals surface area (Å²) >= 11 is -1.29. The molecule has 1 atom stereocenters. The van der Waals surface area contributed by atoms with E-state index in [2.05, 4.69) is 5.32 Å². The molecule has 3 N–H and O–H groups in total. The summed E-state index contributed by atoms with van der Waals surface area (Å²) in [5.74, 6) is -0.144. The van der Waals surface area contributed by atoms with Crippen LogP contribution >= 0.6 is 0 Å². The first kappa shape index (κ1) is 17.1. The van der Waals surface area contributed by atoms with Gasteiger partial charge in [0.15, 0.2) is 9.79 Å². The van der Waals surface area contributed by atoms with Gasteiger partial charge in [0.25, 0.3) is 0 Å². The summed E-state index contributed by atoms with van der Waals surface area (Å²) in [4.78, 5) is 13.5. The summed E-state index contributed by atoms with van der Waals surface area (Å²) < 4.78 is 12.5. The second-order valence-electron chi connectivity index (χ2n) is 5.53. The second kappa shape index (κ2) is 7.88. The summed E-state index contributed by atoms with van der Waals surface area (Å²) in [6.45, 7) is 0. The number of carbonyl (C=O) groups excluding carboxylic acids is 1. The number of nitrogens with two attached hydrogens (primary N) is 1. The van der Waals surface area contributed by atoms with Crippen LogP contribution in [0, 0.1) is 0 Å². The molecule has 1 unspecified atom stereocenters. The number of carbonyl (C=O) groups is 1. The summed E-state index contributed by atoms with van der Waals surface area (Å²) in [6, 6.07) is 23.6. The first-order chi connectivity index (χ1) is 12.1. The van der Waals surface area contributed by atoms with Gasteiger partial charge in [0.05, 0.1) is 6.42 Å². The molecular weight excluding hydrogens is 332 g/mol. The molecule has 0 spiro atoms. The van der Waals surface area contributed by atoms with Crippen molar-refractivity contribution in [1.29, 1.82) is 0 Å². The number of hydrogen-bond donors (Lipinski definition) is 2. The van der Waals surface area contributed by atoms with Gasteiger partial charge in [-0.05, 0) is 35.9 Å². The fourth-order valence-electron chi connectivity index (χ4n) is 2.43. The Bertz CT molecular complexity index is 854. The van der Waals surface area contributed by atoms with Crippen molar-refractivity contribution in [2.45, 2.75) is 16.2 Å². The van der Waals surface area contributed by atoms with Crippen LogP contribution in [0.15, 0.2) is 88.7 Å². The molecule has 0 aliphatic heterocycles. The lowest BCUT2D eigenvalue weighted by atomic mass is 10.1. The molecule has 0 fully saturated rings. The molecule has 3 aromatic rings. The third-order valence-electron chi connectivity index (χ3n) is 3.70. The first-order valence-electron chi connectivity index (χ1n) is 7.83. The number of nitrogens with one attached hydrogen (secondary N) is 1. The van der Waals surface area contributed by atoms with Crippen LogP contribution in [0.25, 0.3) is 0 Å². The number of amides is 1. The quantitative estimate of drug-likeness (QED) is 0.545. The molecule has 0 aliphatic rings. The monoisotopic (exact) mass is 350 g/mol. The normalized spacial score (nSPS) is 11.7. The number of para-hydroxylation sites is 1. The molecule has 126 valence electrons. The minimum atomic E-state index is -1.29. The maximum absolute atomic E-state index is 12.5. The van der Waals surface area contributed by atoms with Gasteiger partial charge in [-0.3, -0.25) is 4.79 Å². The van der Waals surface area contributed by atoms with Crippen molar-refractivity contribution in [3.8, 4) is 0 Å². The highest BCUT2D eigenvalue weighted by atomic mass is 32.2. The molecule has 0 bridgehead atoms. The van der Waals surface area contributed by atoms with Gasteiger partial charge in [0.2, 0.25) is 5.91 Å². The maximum atomic E-state index is 12.5. The number of anilines is 2. The van der Waals surface area contributed by atoms with Crippen molar-refractivity contribution in [2.75, 3.05) is 11.1 Å². The van der Waals surface area contributed by atoms with E-state index >= 15 is 0 Å². The van der Waals surface area contributed by atoms with Crippen molar-refractivity contribution < 1.29 is 9.35 Å². The second-order valence-corrected chi connectivity index (χ2v) is 7.01. The fraction of sp³-hybridized carbons (Fsp3) is 0.0500. The molecule has 0 radical (unpaired) electrons. The zero-order valence-corrected chi connectivity index (χ0v) is 14.3. The third kappa shape index (κ3) is 4.41. The summed E-state index contributed by atoms with van der Waals surface area (Å²) in [7, 11) is 0. The third-order valence-corrected chi connectivity index (χ3v) is 5.08. The molecule has 0 heterocycles. The molecule has 0 aliphatic carbocycles. The van der Waals surface area contributed by atoms with Crippen LogP contribution in [0.1, 0.15) is 5.56 Å². The number of hydrogen-bond acceptors (Lipinski definition) is 3. The van der Waals surface area contributed by atoms with E-state index in [1.54, 1.807) is 18.2 Å². The lowest BCUT2D eigenvalue weighted by molar-refractivity contribution is -0.115. The Labute approximate surface area is 149 Å². The molecule has 4 nitrogen and oxygen atoms in total. The minimum Gasteiger partial charge on any atom is -0.606 e. The molecular formula is C20H18N2O2S. The fourth-order valence-corrected chi connectivity index (χ4v) is 3.53. The Morgan fingerprint density at radius 3 is 2.20 bits per heavy atom. The van der Waals surface area contributed by atoms with Crippen molar-refractivity contribution >= 4 is 28.5 Å². The average Bonchev–Trinajstić information content (AvgIpc) is 2.64. The van der Waals surface area contributed by atoms with Gasteiger partial charge < -0.3 is 15.6 Å². The Hall–Kier alpha value is -2.76. The van der Waals surface area contributed by atoms with Crippen LogP contribution in [0.5, 0.6) is 0 Å². The molecule has 0 saturated heterocycles. The van der Waals surface area contributed by atoms with E-state index < -0.39 is 11.2 Å². The van der Waals surface area contributed by atoms with Crippen LogP contribution in [-0.4, -0.2) is 10.5 Å². The predicted octanol–water partition coefficient (Wildman–Crippen LogP) is 3.62. The van der Waals surface area contributed by atoms with E-state index in [0.717, 1.165) is 10.6 Å². The van der Waals surface area contributed by atoms with Gasteiger partial charge in [0, 0.05) is 28.6 Å². The highest BCUT2D eigenvalue weighted by Crippen LogP contribution is 2.24. The molecule has 25 heavy (non-hydrogen) atoms. The standard InChI is InChI=1S/C20H18N2O2S/c21-19-14-18(25(24)17-9-5-2-6-10-17)12-11-15(19)13-20(23)22-16-7-3-1-4-8-16/h1-12,14H,13,21H2,(H,22,23). The van der Waals surface area contributed by atoms with Gasteiger partial charge in [-0.1, -0.05) is 42.5 Å². The molecule has 0 aromatic heterocycles. The number of rotatable bonds is 5. The number of benzene rings is 3. The smallest absolute Gasteiger partial charge is 0.228 e. The van der Waals surface area contributed by atoms with Crippen LogP contribution in [0.2, 0.25) is 0 Å². The summed E-state index contributed by atoms with van der Waals surface area (Å²) in [5, 5.41) is 2.83. The zero-order valence-electron chi connectivity index (χ0n) is 13.5. The topological polar surface area (TPSA) is 78.2 Å². The summed E-state index contributed by atoms with van der Waals surface area (Å²) in [5.41, 5.74) is 7.98. The molecule has 3 rings (SSSR count). The van der Waals surface area contributed by atoms with Crippen molar-refractivity contribution in [3.05, 3.63) is 84.4 Å². The lowest BCUT2D eigenvalue weighted by Gasteiger charge is -2.12. The lowest BCUT2D eigenvalue weighted by Crippen LogP contribution is -2.15. The van der Waals surface area contributed by atoms with Crippen molar-refractivity contribution in [1.82, 2.24) is 0 Å². The molecule has 1 amide bonds. The Balaban J connectivity index is 1.71. The molecule has 0 saturated carbocycles. The SMILES string of the molecule is Nc1cc([S+]([O-])c2ccccc2)ccc1CC(=O)Nc1ccccc1. The Morgan fingerprint density at radius 2 is 1.56 bits per heavy atom. The Morgan fingerprint density at radius 1 is 0.920 bits per heavy atom. The van der Waals surface area contributed by atoms with Crippen LogP contribution in [0.4, 0.5) is 11.4 Å². The van der Waals surface area contributed by atoms with Gasteiger partial charge in [0.1, 0.15) is 0 Å². The summed E-state index contributed by atoms with van der Waals surface area (Å²) in [6.07, 6.45) is 0.166. The van der Waals surface area contributed by atoms with E-state index in [1.165, 1.54) is 0 Å². The van der Waals surface area contributed by atoms with E-state index in [1.807, 2.05) is 60.7 Å². The minimum absolute atomic E-state index is 0.144. The highest BCUT2D eigenvalue weighted by molar-refractivity contribution is 7.91. The zero-order chi connectivity index (χ0) is 17.6. The first-order valence-corrected chi connectivity index (χ1v) is 8.98. The number of nitrogen functional groups attached to an aromatic ring is 1. The van der Waals surface area contributed by atoms with Gasteiger partial charge in [-0.25, -0.2) is 0 Å². The van der Waals surface area contributed by atoms with Gasteiger partial charge >= 0.3 is 0 Å². The van der Waals surface area contributed by atoms with E-state index in [4.69, 9.17) is 5.73 Å². The Kier molecular flexibility index (Phi) is 5.38. The maximum Gasteiger partial charge on any atom is 0.228 e. The predicted molar refractivity (Wildman–Crippen MR) is 101 cm³/mol.